The zero-order valence-corrected chi connectivity index (χ0v) is 13.4. The molecule has 2 nitrogen and oxygen atoms in total. The molecule has 1 aromatic heterocycles. The number of likely N-dealkylation sites (tertiary alicyclic amines) is 1. The molecule has 0 bridgehead atoms. The van der Waals surface area contributed by atoms with Crippen molar-refractivity contribution in [2.45, 2.75) is 18.9 Å². The molecular formula is C15H14INOS. The number of carbonyl (C=O) groups is 1. The Morgan fingerprint density at radius 1 is 1.32 bits per heavy atom. The lowest BCUT2D eigenvalue weighted by Crippen LogP contribution is -2.30. The van der Waals surface area contributed by atoms with Crippen molar-refractivity contribution in [3.8, 4) is 0 Å². The molecule has 3 rings (SSSR count). The summed E-state index contributed by atoms with van der Waals surface area (Å²) in [4.78, 5) is 16.0. The number of benzene rings is 1. The van der Waals surface area contributed by atoms with Gasteiger partial charge in [0.15, 0.2) is 0 Å². The highest BCUT2D eigenvalue weighted by molar-refractivity contribution is 14.1. The third-order valence-electron chi connectivity index (χ3n) is 3.46. The van der Waals surface area contributed by atoms with Gasteiger partial charge >= 0.3 is 0 Å². The lowest BCUT2D eigenvalue weighted by molar-refractivity contribution is 0.0738. The highest BCUT2D eigenvalue weighted by Crippen LogP contribution is 2.35. The number of rotatable bonds is 2. The van der Waals surface area contributed by atoms with E-state index in [4.69, 9.17) is 0 Å². The summed E-state index contributed by atoms with van der Waals surface area (Å²) in [6.07, 6.45) is 2.18. The average Bonchev–Trinajstić information content (AvgIpc) is 3.08. The number of carbonyl (C=O) groups excluding carboxylic acids is 1. The predicted molar refractivity (Wildman–Crippen MR) is 86.5 cm³/mol. The third-order valence-corrected chi connectivity index (χ3v) is 5.10. The van der Waals surface area contributed by atoms with Gasteiger partial charge in [0, 0.05) is 20.6 Å². The zero-order chi connectivity index (χ0) is 13.2. The van der Waals surface area contributed by atoms with E-state index in [2.05, 4.69) is 40.1 Å². The maximum Gasteiger partial charge on any atom is 0.254 e. The van der Waals surface area contributed by atoms with Gasteiger partial charge in [-0.3, -0.25) is 4.79 Å². The normalized spacial score (nSPS) is 18.8. The number of nitrogens with zero attached hydrogens (tertiary/aromatic N) is 1. The molecule has 1 fully saturated rings. The highest BCUT2D eigenvalue weighted by atomic mass is 127. The van der Waals surface area contributed by atoms with Crippen LogP contribution in [0.1, 0.15) is 34.1 Å². The first kappa shape index (κ1) is 13.1. The maximum absolute atomic E-state index is 12.6. The first-order chi connectivity index (χ1) is 9.25. The lowest BCUT2D eigenvalue weighted by Gasteiger charge is -2.24. The number of hydrogen-bond acceptors (Lipinski definition) is 2. The maximum atomic E-state index is 12.6. The highest BCUT2D eigenvalue weighted by Gasteiger charge is 2.31. The minimum Gasteiger partial charge on any atom is -0.331 e. The van der Waals surface area contributed by atoms with Gasteiger partial charge in [-0.25, -0.2) is 0 Å². The van der Waals surface area contributed by atoms with Crippen molar-refractivity contribution in [3.05, 3.63) is 55.8 Å². The molecule has 1 aromatic carbocycles. The van der Waals surface area contributed by atoms with Crippen LogP contribution in [0.15, 0.2) is 41.8 Å². The molecule has 1 atom stereocenters. The van der Waals surface area contributed by atoms with Crippen LogP contribution in [-0.2, 0) is 0 Å². The summed E-state index contributed by atoms with van der Waals surface area (Å²) < 4.78 is 1.11. The van der Waals surface area contributed by atoms with Crippen LogP contribution in [-0.4, -0.2) is 17.4 Å². The smallest absolute Gasteiger partial charge is 0.254 e. The van der Waals surface area contributed by atoms with Crippen molar-refractivity contribution in [1.29, 1.82) is 0 Å². The van der Waals surface area contributed by atoms with E-state index >= 15 is 0 Å². The molecule has 0 aliphatic carbocycles. The summed E-state index contributed by atoms with van der Waals surface area (Å²) in [6, 6.07) is 12.3. The van der Waals surface area contributed by atoms with Crippen molar-refractivity contribution >= 4 is 39.8 Å². The van der Waals surface area contributed by atoms with Crippen LogP contribution in [0.4, 0.5) is 0 Å². The largest absolute Gasteiger partial charge is 0.331 e. The fourth-order valence-electron chi connectivity index (χ4n) is 2.57. The second-order valence-corrected chi connectivity index (χ2v) is 6.91. The van der Waals surface area contributed by atoms with Crippen LogP contribution in [0.3, 0.4) is 0 Å². The summed E-state index contributed by atoms with van der Waals surface area (Å²) >= 11 is 3.99. The number of hydrogen-bond donors (Lipinski definition) is 0. The quantitative estimate of drug-likeness (QED) is 0.707. The molecule has 0 N–H and O–H groups in total. The van der Waals surface area contributed by atoms with Crippen LogP contribution < -0.4 is 0 Å². The fourth-order valence-corrected chi connectivity index (χ4v) is 3.99. The molecule has 1 saturated heterocycles. The first-order valence-corrected chi connectivity index (χ1v) is 8.31. The molecule has 98 valence electrons. The lowest BCUT2D eigenvalue weighted by atomic mass is 10.1. The third kappa shape index (κ3) is 2.69. The molecule has 4 heteroatoms. The Balaban J connectivity index is 1.87. The zero-order valence-electron chi connectivity index (χ0n) is 10.4. The van der Waals surface area contributed by atoms with E-state index in [1.54, 1.807) is 11.3 Å². The van der Waals surface area contributed by atoms with Crippen molar-refractivity contribution < 1.29 is 4.79 Å². The summed E-state index contributed by atoms with van der Waals surface area (Å²) in [5.74, 6) is 0.161. The van der Waals surface area contributed by atoms with Gasteiger partial charge in [-0.1, -0.05) is 12.1 Å². The van der Waals surface area contributed by atoms with E-state index in [0.717, 1.165) is 28.5 Å². The summed E-state index contributed by atoms with van der Waals surface area (Å²) in [6.45, 7) is 0.868. The first-order valence-electron chi connectivity index (χ1n) is 6.35. The van der Waals surface area contributed by atoms with Crippen LogP contribution in [0.2, 0.25) is 0 Å². The van der Waals surface area contributed by atoms with E-state index in [0.29, 0.717) is 0 Å². The molecular weight excluding hydrogens is 369 g/mol. The SMILES string of the molecule is O=C(c1cccc(I)c1)N1CCC[C@@H]1c1cccs1. The Labute approximate surface area is 130 Å². The molecule has 0 radical (unpaired) electrons. The van der Waals surface area contributed by atoms with Gasteiger partial charge in [0.05, 0.1) is 6.04 Å². The number of thiophene rings is 1. The standard InChI is InChI=1S/C15H14INOS/c16-12-5-1-4-11(10-12)15(18)17-8-2-6-13(17)14-7-3-9-19-14/h1,3-5,7,9-10,13H,2,6,8H2/t13-/m1/s1. The van der Waals surface area contributed by atoms with Gasteiger partial charge in [-0.2, -0.15) is 0 Å². The Morgan fingerprint density at radius 3 is 2.95 bits per heavy atom. The number of amides is 1. The molecule has 2 heterocycles. The van der Waals surface area contributed by atoms with E-state index in [9.17, 15) is 4.79 Å². The van der Waals surface area contributed by atoms with Crippen molar-refractivity contribution in [3.63, 3.8) is 0 Å². The van der Waals surface area contributed by atoms with Crippen molar-refractivity contribution in [2.75, 3.05) is 6.54 Å². The Bertz CT molecular complexity index is 582. The molecule has 2 aromatic rings. The summed E-state index contributed by atoms with van der Waals surface area (Å²) in [5.41, 5.74) is 0.801. The monoisotopic (exact) mass is 383 g/mol. The second-order valence-electron chi connectivity index (χ2n) is 4.68. The van der Waals surface area contributed by atoms with Gasteiger partial charge in [0.25, 0.3) is 5.91 Å². The number of halogens is 1. The Kier molecular flexibility index (Phi) is 3.88. The topological polar surface area (TPSA) is 20.3 Å². The van der Waals surface area contributed by atoms with Crippen molar-refractivity contribution in [1.82, 2.24) is 4.90 Å². The molecule has 0 saturated carbocycles. The Morgan fingerprint density at radius 2 is 2.21 bits per heavy atom. The Hall–Kier alpha value is -0.880. The molecule has 0 spiro atoms. The molecule has 1 aliphatic heterocycles. The molecule has 19 heavy (non-hydrogen) atoms. The van der Waals surface area contributed by atoms with E-state index in [-0.39, 0.29) is 11.9 Å². The van der Waals surface area contributed by atoms with Crippen molar-refractivity contribution in [2.24, 2.45) is 0 Å². The molecule has 1 aliphatic rings. The van der Waals surface area contributed by atoms with Crippen LogP contribution >= 0.6 is 33.9 Å². The van der Waals surface area contributed by atoms with E-state index in [1.807, 2.05) is 29.2 Å². The van der Waals surface area contributed by atoms with Crippen LogP contribution in [0.5, 0.6) is 0 Å². The second kappa shape index (κ2) is 5.63. The van der Waals surface area contributed by atoms with Gasteiger partial charge in [-0.15, -0.1) is 11.3 Å². The minimum absolute atomic E-state index is 0.161. The van der Waals surface area contributed by atoms with Gasteiger partial charge in [0.1, 0.15) is 0 Å². The van der Waals surface area contributed by atoms with E-state index in [1.165, 1.54) is 4.88 Å². The van der Waals surface area contributed by atoms with Gasteiger partial charge < -0.3 is 4.90 Å². The van der Waals surface area contributed by atoms with Gasteiger partial charge in [-0.05, 0) is 65.1 Å². The minimum atomic E-state index is 0.161. The van der Waals surface area contributed by atoms with Gasteiger partial charge in [0.2, 0.25) is 0 Å². The molecule has 0 unspecified atom stereocenters. The van der Waals surface area contributed by atoms with Crippen LogP contribution in [0.25, 0.3) is 0 Å². The molecule has 1 amide bonds. The predicted octanol–water partition coefficient (Wildman–Crippen LogP) is 4.33. The average molecular weight is 383 g/mol. The fraction of sp³-hybridized carbons (Fsp3) is 0.267. The van der Waals surface area contributed by atoms with Crippen LogP contribution in [0, 0.1) is 3.57 Å². The summed E-state index contributed by atoms with van der Waals surface area (Å²) in [5, 5.41) is 2.09. The van der Waals surface area contributed by atoms with E-state index < -0.39 is 0 Å². The summed E-state index contributed by atoms with van der Waals surface area (Å²) in [7, 11) is 0.